The highest BCUT2D eigenvalue weighted by Crippen LogP contribution is 2.46. The van der Waals surface area contributed by atoms with Crippen LogP contribution in [0, 0.1) is 11.8 Å². The number of carbonyl (C=O) groups excluding carboxylic acids is 2. The van der Waals surface area contributed by atoms with Gasteiger partial charge in [0.1, 0.15) is 0 Å². The van der Waals surface area contributed by atoms with Gasteiger partial charge in [0.2, 0.25) is 11.8 Å². The van der Waals surface area contributed by atoms with Crippen molar-refractivity contribution in [2.24, 2.45) is 11.8 Å². The Morgan fingerprint density at radius 2 is 1.52 bits per heavy atom. The Bertz CT molecular complexity index is 663. The molecule has 21 heavy (non-hydrogen) atoms. The Morgan fingerprint density at radius 3 is 2.00 bits per heavy atom. The van der Waals surface area contributed by atoms with E-state index in [-0.39, 0.29) is 29.6 Å². The lowest BCUT2D eigenvalue weighted by atomic mass is 9.85. The number of aromatic carboxylic acids is 1. The van der Waals surface area contributed by atoms with E-state index >= 15 is 0 Å². The molecule has 106 valence electrons. The highest BCUT2D eigenvalue weighted by Gasteiger charge is 2.60. The van der Waals surface area contributed by atoms with E-state index in [4.69, 9.17) is 9.84 Å². The van der Waals surface area contributed by atoms with Crippen LogP contribution in [0.15, 0.2) is 36.4 Å². The van der Waals surface area contributed by atoms with Gasteiger partial charge in [-0.15, -0.1) is 0 Å². The van der Waals surface area contributed by atoms with Gasteiger partial charge in [-0.2, -0.15) is 0 Å². The first-order chi connectivity index (χ1) is 10.1. The number of hydrogen-bond donors (Lipinski definition) is 1. The predicted molar refractivity (Wildman–Crippen MR) is 70.7 cm³/mol. The molecule has 0 aliphatic carbocycles. The number of ether oxygens (including phenoxy) is 1. The quantitative estimate of drug-likeness (QED) is 0.642. The molecule has 0 radical (unpaired) electrons. The van der Waals surface area contributed by atoms with Gasteiger partial charge in [0, 0.05) is 0 Å². The molecule has 1 N–H and O–H groups in total. The van der Waals surface area contributed by atoms with Gasteiger partial charge in [-0.1, -0.05) is 12.2 Å². The molecule has 4 rings (SSSR count). The zero-order valence-electron chi connectivity index (χ0n) is 10.8. The summed E-state index contributed by atoms with van der Waals surface area (Å²) in [4.78, 5) is 37.0. The lowest BCUT2D eigenvalue weighted by Crippen LogP contribution is -2.34. The molecule has 2 saturated heterocycles. The van der Waals surface area contributed by atoms with Crippen LogP contribution in [0.3, 0.4) is 0 Å². The molecule has 6 heteroatoms. The van der Waals surface area contributed by atoms with Gasteiger partial charge in [-0.25, -0.2) is 9.69 Å². The molecule has 4 atom stereocenters. The summed E-state index contributed by atoms with van der Waals surface area (Å²) in [6, 6.07) is 5.73. The number of carboxylic acid groups (broad SMARTS) is 1. The van der Waals surface area contributed by atoms with E-state index in [1.54, 1.807) is 0 Å². The van der Waals surface area contributed by atoms with Crippen LogP contribution in [0.1, 0.15) is 10.4 Å². The van der Waals surface area contributed by atoms with E-state index in [0.29, 0.717) is 5.69 Å². The molecule has 0 saturated carbocycles. The number of nitrogens with zero attached hydrogens (tertiary/aromatic N) is 1. The summed E-state index contributed by atoms with van der Waals surface area (Å²) in [7, 11) is 0. The topological polar surface area (TPSA) is 83.9 Å². The number of amides is 2. The monoisotopic (exact) mass is 285 g/mol. The van der Waals surface area contributed by atoms with Gasteiger partial charge in [0.05, 0.1) is 35.3 Å². The summed E-state index contributed by atoms with van der Waals surface area (Å²) in [6.45, 7) is 0. The van der Waals surface area contributed by atoms with Crippen molar-refractivity contribution in [3.8, 4) is 0 Å². The molecular weight excluding hydrogens is 274 g/mol. The first-order valence-electron chi connectivity index (χ1n) is 6.63. The molecule has 1 aromatic rings. The molecule has 0 aromatic heterocycles. The molecule has 2 fully saturated rings. The van der Waals surface area contributed by atoms with E-state index in [1.165, 1.54) is 24.3 Å². The Balaban J connectivity index is 1.69. The minimum absolute atomic E-state index is 0.114. The molecule has 0 unspecified atom stereocenters. The van der Waals surface area contributed by atoms with Crippen LogP contribution in [0.2, 0.25) is 0 Å². The molecular formula is C15H11NO5. The Labute approximate surface area is 119 Å². The maximum Gasteiger partial charge on any atom is 0.335 e. The smallest absolute Gasteiger partial charge is 0.335 e. The van der Waals surface area contributed by atoms with E-state index in [0.717, 1.165) is 4.90 Å². The number of fused-ring (bicyclic) bond motifs is 5. The van der Waals surface area contributed by atoms with Gasteiger partial charge >= 0.3 is 5.97 Å². The first-order valence-corrected chi connectivity index (χ1v) is 6.63. The molecule has 3 aliphatic rings. The summed E-state index contributed by atoms with van der Waals surface area (Å²) < 4.78 is 5.56. The van der Waals surface area contributed by atoms with Gasteiger partial charge in [-0.05, 0) is 24.3 Å². The number of carboxylic acids is 1. The average molecular weight is 285 g/mol. The number of imide groups is 1. The van der Waals surface area contributed by atoms with E-state index in [2.05, 4.69) is 0 Å². The Morgan fingerprint density at radius 1 is 1.00 bits per heavy atom. The Kier molecular flexibility index (Phi) is 2.35. The highest BCUT2D eigenvalue weighted by atomic mass is 16.5. The van der Waals surface area contributed by atoms with Gasteiger partial charge in [0.25, 0.3) is 0 Å². The lowest BCUT2D eigenvalue weighted by Gasteiger charge is -2.17. The largest absolute Gasteiger partial charge is 0.478 e. The zero-order valence-corrected chi connectivity index (χ0v) is 10.8. The summed E-state index contributed by atoms with van der Waals surface area (Å²) in [5, 5.41) is 8.88. The van der Waals surface area contributed by atoms with Crippen molar-refractivity contribution in [1.29, 1.82) is 0 Å². The van der Waals surface area contributed by atoms with Crippen LogP contribution in [-0.2, 0) is 14.3 Å². The molecule has 3 heterocycles. The van der Waals surface area contributed by atoms with Gasteiger partial charge in [-0.3, -0.25) is 9.59 Å². The minimum Gasteiger partial charge on any atom is -0.478 e. The lowest BCUT2D eigenvalue weighted by molar-refractivity contribution is -0.124. The van der Waals surface area contributed by atoms with Crippen LogP contribution in [0.4, 0.5) is 5.69 Å². The van der Waals surface area contributed by atoms with Gasteiger partial charge < -0.3 is 9.84 Å². The molecule has 0 spiro atoms. The summed E-state index contributed by atoms with van der Waals surface area (Å²) in [6.07, 6.45) is 3.02. The second-order valence-electron chi connectivity index (χ2n) is 5.37. The normalized spacial score (nSPS) is 32.9. The van der Waals surface area contributed by atoms with E-state index in [1.807, 2.05) is 12.2 Å². The van der Waals surface area contributed by atoms with Crippen LogP contribution in [0.25, 0.3) is 0 Å². The van der Waals surface area contributed by atoms with Crippen molar-refractivity contribution in [2.45, 2.75) is 12.2 Å². The standard InChI is InChI=1S/C15H11NO5/c17-13-11-9-5-6-10(21-9)12(11)14(18)16(13)8-3-1-7(2-4-8)15(19)20/h1-6,9-12H,(H,19,20)/t9-,10-,11-,12-/m0/s1. The predicted octanol–water partition coefficient (Wildman–Crippen LogP) is 0.828. The second-order valence-corrected chi connectivity index (χ2v) is 5.37. The summed E-state index contributed by atoms with van der Waals surface area (Å²) >= 11 is 0. The number of hydrogen-bond acceptors (Lipinski definition) is 4. The van der Waals surface area contributed by atoms with Crippen molar-refractivity contribution >= 4 is 23.5 Å². The third-order valence-electron chi connectivity index (χ3n) is 4.28. The third kappa shape index (κ3) is 1.53. The minimum atomic E-state index is -1.05. The maximum atomic E-state index is 12.5. The van der Waals surface area contributed by atoms with E-state index in [9.17, 15) is 14.4 Å². The van der Waals surface area contributed by atoms with E-state index < -0.39 is 17.8 Å². The number of rotatable bonds is 2. The van der Waals surface area contributed by atoms with Crippen molar-refractivity contribution in [1.82, 2.24) is 0 Å². The third-order valence-corrected chi connectivity index (χ3v) is 4.28. The Hall–Kier alpha value is -2.47. The van der Waals surface area contributed by atoms with Gasteiger partial charge in [0.15, 0.2) is 0 Å². The molecule has 6 nitrogen and oxygen atoms in total. The maximum absolute atomic E-state index is 12.5. The van der Waals surface area contributed by atoms with Crippen molar-refractivity contribution in [3.05, 3.63) is 42.0 Å². The zero-order chi connectivity index (χ0) is 14.7. The van der Waals surface area contributed by atoms with Crippen molar-refractivity contribution in [3.63, 3.8) is 0 Å². The molecule has 2 amide bonds. The summed E-state index contributed by atoms with van der Waals surface area (Å²) in [5.41, 5.74) is 0.520. The summed E-state index contributed by atoms with van der Waals surface area (Å²) in [5.74, 6) is -2.50. The first kappa shape index (κ1) is 12.3. The van der Waals surface area contributed by atoms with Crippen LogP contribution in [0.5, 0.6) is 0 Å². The second kappa shape index (κ2) is 4.02. The fourth-order valence-electron chi connectivity index (χ4n) is 3.31. The van der Waals surface area contributed by atoms with Crippen molar-refractivity contribution in [2.75, 3.05) is 4.90 Å². The SMILES string of the molecule is O=C(O)c1ccc(N2C(=O)[C@@H]3[C@@H](C2=O)[C@@H]2C=C[C@@H]3O2)cc1. The highest BCUT2D eigenvalue weighted by molar-refractivity contribution is 6.23. The molecule has 1 aromatic carbocycles. The fraction of sp³-hybridized carbons (Fsp3) is 0.267. The van der Waals surface area contributed by atoms with Crippen LogP contribution in [-0.4, -0.2) is 35.1 Å². The van der Waals surface area contributed by atoms with Crippen LogP contribution >= 0.6 is 0 Å². The fourth-order valence-corrected chi connectivity index (χ4v) is 3.31. The number of benzene rings is 1. The average Bonchev–Trinajstić information content (AvgIpc) is 3.13. The molecule has 2 bridgehead atoms. The van der Waals surface area contributed by atoms with Crippen LogP contribution < -0.4 is 4.90 Å². The molecule has 3 aliphatic heterocycles. The number of carbonyl (C=O) groups is 3. The van der Waals surface area contributed by atoms with Crippen molar-refractivity contribution < 1.29 is 24.2 Å². The number of anilines is 1.